The number of hydrogen-bond acceptors (Lipinski definition) is 0. The second-order valence-corrected chi connectivity index (χ2v) is 5.65. The first-order valence-corrected chi connectivity index (χ1v) is 5.44. The normalized spacial score (nSPS) is 24.0. The van der Waals surface area contributed by atoms with Crippen LogP contribution in [0.2, 0.25) is 0 Å². The maximum atomic E-state index is 3.05. The monoisotopic (exact) mass is 172 g/mol. The standard InChI is InChI=1S/C10H21P/c1-10(2,3)9(11)8-6-4-5-7-8/h8-9H,4-7,11H2,1-3H3. The molecule has 0 bridgehead atoms. The Hall–Kier alpha value is 0.430. The zero-order valence-corrected chi connectivity index (χ0v) is 9.22. The van der Waals surface area contributed by atoms with Crippen LogP contribution in [0.4, 0.5) is 0 Å². The number of hydrogen-bond donors (Lipinski definition) is 0. The van der Waals surface area contributed by atoms with E-state index in [0.29, 0.717) is 5.41 Å². The minimum absolute atomic E-state index is 0.486. The first kappa shape index (κ1) is 9.52. The summed E-state index contributed by atoms with van der Waals surface area (Å²) in [4.78, 5) is 0. The maximum absolute atomic E-state index is 3.05. The highest BCUT2D eigenvalue weighted by atomic mass is 31.0. The minimum atomic E-state index is 0.486. The van der Waals surface area contributed by atoms with Gasteiger partial charge in [-0.25, -0.2) is 0 Å². The van der Waals surface area contributed by atoms with Crippen molar-refractivity contribution < 1.29 is 0 Å². The summed E-state index contributed by atoms with van der Waals surface area (Å²) in [5.41, 5.74) is 1.31. The molecule has 0 N–H and O–H groups in total. The Labute approximate surface area is 73.3 Å². The zero-order valence-electron chi connectivity index (χ0n) is 8.06. The van der Waals surface area contributed by atoms with E-state index in [4.69, 9.17) is 0 Å². The lowest BCUT2D eigenvalue weighted by atomic mass is 9.83. The third-order valence-corrected chi connectivity index (χ3v) is 4.45. The van der Waals surface area contributed by atoms with Crippen molar-refractivity contribution in [2.45, 2.75) is 52.1 Å². The van der Waals surface area contributed by atoms with Gasteiger partial charge < -0.3 is 0 Å². The summed E-state index contributed by atoms with van der Waals surface area (Å²) in [5.74, 6) is 0.986. The Morgan fingerprint density at radius 1 is 1.18 bits per heavy atom. The van der Waals surface area contributed by atoms with Crippen LogP contribution in [0.15, 0.2) is 0 Å². The lowest BCUT2D eigenvalue weighted by Crippen LogP contribution is -2.26. The van der Waals surface area contributed by atoms with Crippen molar-refractivity contribution in [1.82, 2.24) is 0 Å². The van der Waals surface area contributed by atoms with Gasteiger partial charge in [0.2, 0.25) is 0 Å². The van der Waals surface area contributed by atoms with Gasteiger partial charge in [0.1, 0.15) is 0 Å². The average Bonchev–Trinajstić information content (AvgIpc) is 2.34. The zero-order chi connectivity index (χ0) is 8.48. The predicted molar refractivity (Wildman–Crippen MR) is 54.9 cm³/mol. The molecule has 1 aliphatic rings. The van der Waals surface area contributed by atoms with Crippen LogP contribution in [-0.2, 0) is 0 Å². The minimum Gasteiger partial charge on any atom is -0.134 e. The van der Waals surface area contributed by atoms with E-state index >= 15 is 0 Å². The van der Waals surface area contributed by atoms with Gasteiger partial charge in [-0.2, -0.15) is 0 Å². The summed E-state index contributed by atoms with van der Waals surface area (Å²) in [6, 6.07) is 0. The molecule has 66 valence electrons. The van der Waals surface area contributed by atoms with Crippen molar-refractivity contribution in [3.63, 3.8) is 0 Å². The van der Waals surface area contributed by atoms with E-state index in [0.717, 1.165) is 11.6 Å². The predicted octanol–water partition coefficient (Wildman–Crippen LogP) is 3.47. The molecule has 0 aromatic heterocycles. The number of rotatable bonds is 1. The molecule has 2 atom stereocenters. The van der Waals surface area contributed by atoms with Gasteiger partial charge in [-0.05, 0) is 29.8 Å². The van der Waals surface area contributed by atoms with Crippen LogP contribution in [0.1, 0.15) is 46.5 Å². The van der Waals surface area contributed by atoms with E-state index in [1.54, 1.807) is 0 Å². The van der Waals surface area contributed by atoms with Crippen LogP contribution < -0.4 is 0 Å². The van der Waals surface area contributed by atoms with Gasteiger partial charge >= 0.3 is 0 Å². The molecule has 11 heavy (non-hydrogen) atoms. The SMILES string of the molecule is CC(C)(C)C(P)C1CCCC1. The second-order valence-electron chi connectivity index (χ2n) is 4.94. The van der Waals surface area contributed by atoms with Crippen molar-refractivity contribution in [3.8, 4) is 0 Å². The van der Waals surface area contributed by atoms with Gasteiger partial charge in [0.25, 0.3) is 0 Å². The largest absolute Gasteiger partial charge is 0.134 e. The lowest BCUT2D eigenvalue weighted by Gasteiger charge is -2.31. The third-order valence-electron chi connectivity index (χ3n) is 2.91. The molecule has 1 saturated carbocycles. The molecule has 0 amide bonds. The maximum Gasteiger partial charge on any atom is -0.0187 e. The summed E-state index contributed by atoms with van der Waals surface area (Å²) in [7, 11) is 3.05. The van der Waals surface area contributed by atoms with Crippen molar-refractivity contribution in [1.29, 1.82) is 0 Å². The quantitative estimate of drug-likeness (QED) is 0.531. The summed E-state index contributed by atoms with van der Waals surface area (Å²) in [6.07, 6.45) is 5.86. The van der Waals surface area contributed by atoms with Crippen LogP contribution in [0.25, 0.3) is 0 Å². The highest BCUT2D eigenvalue weighted by molar-refractivity contribution is 7.17. The Morgan fingerprint density at radius 3 is 2.00 bits per heavy atom. The molecular weight excluding hydrogens is 151 g/mol. The van der Waals surface area contributed by atoms with Crippen molar-refractivity contribution in [2.24, 2.45) is 11.3 Å². The van der Waals surface area contributed by atoms with Crippen LogP contribution >= 0.6 is 9.24 Å². The van der Waals surface area contributed by atoms with Crippen LogP contribution in [-0.4, -0.2) is 5.66 Å². The van der Waals surface area contributed by atoms with E-state index < -0.39 is 0 Å². The van der Waals surface area contributed by atoms with Gasteiger partial charge in [-0.15, -0.1) is 9.24 Å². The molecule has 1 rings (SSSR count). The molecule has 0 nitrogen and oxygen atoms in total. The Balaban J connectivity index is 2.46. The highest BCUT2D eigenvalue weighted by Crippen LogP contribution is 2.40. The van der Waals surface area contributed by atoms with E-state index in [9.17, 15) is 0 Å². The molecule has 0 aromatic carbocycles. The smallest absolute Gasteiger partial charge is 0.0187 e. The van der Waals surface area contributed by atoms with Crippen molar-refractivity contribution >= 4 is 9.24 Å². The summed E-state index contributed by atoms with van der Waals surface area (Å²) in [5, 5.41) is 0. The Morgan fingerprint density at radius 2 is 1.64 bits per heavy atom. The van der Waals surface area contributed by atoms with Crippen molar-refractivity contribution in [3.05, 3.63) is 0 Å². The van der Waals surface area contributed by atoms with Crippen LogP contribution in [0, 0.1) is 11.3 Å². The Bertz CT molecular complexity index is 117. The van der Waals surface area contributed by atoms with Crippen LogP contribution in [0.3, 0.4) is 0 Å². The molecule has 0 aliphatic heterocycles. The van der Waals surface area contributed by atoms with Gasteiger partial charge in [-0.3, -0.25) is 0 Å². The fourth-order valence-electron chi connectivity index (χ4n) is 2.02. The van der Waals surface area contributed by atoms with E-state index in [2.05, 4.69) is 30.0 Å². The van der Waals surface area contributed by atoms with Crippen LogP contribution in [0.5, 0.6) is 0 Å². The van der Waals surface area contributed by atoms with Gasteiger partial charge in [0.15, 0.2) is 0 Å². The first-order valence-electron chi connectivity index (χ1n) is 4.77. The Kier molecular flexibility index (Phi) is 2.97. The molecule has 0 radical (unpaired) electrons. The molecule has 1 aliphatic carbocycles. The molecule has 1 heteroatoms. The molecule has 0 spiro atoms. The summed E-state index contributed by atoms with van der Waals surface area (Å²) < 4.78 is 0. The molecule has 0 heterocycles. The van der Waals surface area contributed by atoms with E-state index in [-0.39, 0.29) is 0 Å². The summed E-state index contributed by atoms with van der Waals surface area (Å²) >= 11 is 0. The average molecular weight is 172 g/mol. The van der Waals surface area contributed by atoms with Crippen molar-refractivity contribution in [2.75, 3.05) is 0 Å². The van der Waals surface area contributed by atoms with Gasteiger partial charge in [0.05, 0.1) is 0 Å². The fraction of sp³-hybridized carbons (Fsp3) is 1.00. The first-order chi connectivity index (χ1) is 5.02. The topological polar surface area (TPSA) is 0 Å². The lowest BCUT2D eigenvalue weighted by molar-refractivity contribution is 0.312. The van der Waals surface area contributed by atoms with E-state index in [1.165, 1.54) is 25.7 Å². The molecule has 0 aromatic rings. The highest BCUT2D eigenvalue weighted by Gasteiger charge is 2.30. The summed E-state index contributed by atoms with van der Waals surface area (Å²) in [6.45, 7) is 7.05. The molecular formula is C10H21P. The van der Waals surface area contributed by atoms with E-state index in [1.807, 2.05) is 0 Å². The van der Waals surface area contributed by atoms with Gasteiger partial charge in [0, 0.05) is 0 Å². The molecule has 0 saturated heterocycles. The van der Waals surface area contributed by atoms with Gasteiger partial charge in [-0.1, -0.05) is 33.6 Å². The fourth-order valence-corrected chi connectivity index (χ4v) is 2.41. The molecule has 2 unspecified atom stereocenters. The second kappa shape index (κ2) is 3.44. The molecule has 1 fully saturated rings. The third kappa shape index (κ3) is 2.44.